The second-order valence-corrected chi connectivity index (χ2v) is 7.47. The SMILES string of the molecule is CCCCN(C(=O)c1ccc(Cl)cc1)C1CC2CCC(C1)N2C.[Cl-]. The molecule has 1 aromatic rings. The molecule has 1 aromatic carbocycles. The van der Waals surface area contributed by atoms with Crippen LogP contribution in [0.2, 0.25) is 5.02 Å². The molecule has 2 heterocycles. The Balaban J connectivity index is 0.00000208. The van der Waals surface area contributed by atoms with E-state index in [1.807, 2.05) is 24.3 Å². The van der Waals surface area contributed by atoms with Crippen LogP contribution in [0, 0.1) is 0 Å². The Morgan fingerprint density at radius 1 is 1.21 bits per heavy atom. The van der Waals surface area contributed by atoms with Crippen LogP contribution < -0.4 is 12.4 Å². The third-order valence-corrected chi connectivity index (χ3v) is 5.87. The Hall–Kier alpha value is -0.770. The van der Waals surface area contributed by atoms with Gasteiger partial charge in [-0.25, -0.2) is 0 Å². The van der Waals surface area contributed by atoms with Crippen LogP contribution in [0.1, 0.15) is 55.8 Å². The molecule has 5 heteroatoms. The van der Waals surface area contributed by atoms with E-state index in [0.29, 0.717) is 23.1 Å². The number of piperidine rings is 1. The molecule has 0 aliphatic carbocycles. The summed E-state index contributed by atoms with van der Waals surface area (Å²) < 4.78 is 0. The Morgan fingerprint density at radius 3 is 2.33 bits per heavy atom. The van der Waals surface area contributed by atoms with Crippen molar-refractivity contribution in [1.82, 2.24) is 9.80 Å². The molecule has 2 unspecified atom stereocenters. The van der Waals surface area contributed by atoms with Gasteiger partial charge in [-0.2, -0.15) is 0 Å². The first kappa shape index (κ1) is 19.6. The van der Waals surface area contributed by atoms with Gasteiger partial charge >= 0.3 is 0 Å². The molecule has 2 saturated heterocycles. The molecule has 2 bridgehead atoms. The third-order valence-electron chi connectivity index (χ3n) is 5.62. The monoisotopic (exact) mass is 369 g/mol. The number of benzene rings is 1. The van der Waals surface area contributed by atoms with Crippen molar-refractivity contribution in [3.8, 4) is 0 Å². The summed E-state index contributed by atoms with van der Waals surface area (Å²) in [6.45, 7) is 3.05. The minimum atomic E-state index is 0. The summed E-state index contributed by atoms with van der Waals surface area (Å²) in [5.41, 5.74) is 0.761. The molecular formula is C19H27Cl2N2O-. The molecule has 2 atom stereocenters. The number of hydrogen-bond acceptors (Lipinski definition) is 2. The summed E-state index contributed by atoms with van der Waals surface area (Å²) in [6, 6.07) is 9.02. The molecule has 0 saturated carbocycles. The smallest absolute Gasteiger partial charge is 0.254 e. The molecule has 0 radical (unpaired) electrons. The zero-order chi connectivity index (χ0) is 16.4. The largest absolute Gasteiger partial charge is 1.00 e. The van der Waals surface area contributed by atoms with E-state index in [4.69, 9.17) is 11.6 Å². The summed E-state index contributed by atoms with van der Waals surface area (Å²) in [4.78, 5) is 17.7. The molecule has 2 aliphatic rings. The number of amides is 1. The molecule has 1 amide bonds. The van der Waals surface area contributed by atoms with Crippen LogP contribution in [0.15, 0.2) is 24.3 Å². The Kier molecular flexibility index (Phi) is 6.97. The number of carbonyl (C=O) groups is 1. The highest BCUT2D eigenvalue weighted by molar-refractivity contribution is 6.30. The first-order chi connectivity index (χ1) is 11.1. The van der Waals surface area contributed by atoms with E-state index in [9.17, 15) is 4.79 Å². The average Bonchev–Trinajstić information content (AvgIpc) is 2.76. The van der Waals surface area contributed by atoms with E-state index in [-0.39, 0.29) is 18.3 Å². The molecular weight excluding hydrogens is 343 g/mol. The number of halogens is 2. The highest BCUT2D eigenvalue weighted by Gasteiger charge is 2.41. The highest BCUT2D eigenvalue weighted by atomic mass is 35.5. The maximum atomic E-state index is 13.0. The van der Waals surface area contributed by atoms with E-state index in [1.54, 1.807) is 0 Å². The summed E-state index contributed by atoms with van der Waals surface area (Å²) >= 11 is 5.96. The van der Waals surface area contributed by atoms with Crippen LogP contribution in [0.25, 0.3) is 0 Å². The first-order valence-corrected chi connectivity index (χ1v) is 9.26. The Labute approximate surface area is 156 Å². The van der Waals surface area contributed by atoms with E-state index in [1.165, 1.54) is 12.8 Å². The average molecular weight is 370 g/mol. The lowest BCUT2D eigenvalue weighted by atomic mass is 9.95. The lowest BCUT2D eigenvalue weighted by Crippen LogP contribution is -3.00. The number of unbranched alkanes of at least 4 members (excludes halogenated alkanes) is 1. The molecule has 3 rings (SSSR count). The van der Waals surface area contributed by atoms with Gasteiger partial charge in [0.25, 0.3) is 5.91 Å². The second kappa shape index (κ2) is 8.55. The number of rotatable bonds is 5. The maximum absolute atomic E-state index is 13.0. The van der Waals surface area contributed by atoms with E-state index < -0.39 is 0 Å². The lowest BCUT2D eigenvalue weighted by Gasteiger charge is -2.42. The molecule has 2 fully saturated rings. The quantitative estimate of drug-likeness (QED) is 0.778. The van der Waals surface area contributed by atoms with Gasteiger partial charge in [-0.15, -0.1) is 0 Å². The van der Waals surface area contributed by atoms with Crippen molar-refractivity contribution in [3.63, 3.8) is 0 Å². The van der Waals surface area contributed by atoms with Crippen molar-refractivity contribution < 1.29 is 17.2 Å². The zero-order valence-electron chi connectivity index (χ0n) is 14.5. The van der Waals surface area contributed by atoms with E-state index in [0.717, 1.165) is 37.8 Å². The number of carbonyl (C=O) groups excluding carboxylic acids is 1. The molecule has 3 nitrogen and oxygen atoms in total. The van der Waals surface area contributed by atoms with Crippen molar-refractivity contribution in [2.45, 2.75) is 63.6 Å². The van der Waals surface area contributed by atoms with Crippen LogP contribution in [0.5, 0.6) is 0 Å². The van der Waals surface area contributed by atoms with Gasteiger partial charge in [-0.1, -0.05) is 24.9 Å². The fraction of sp³-hybridized carbons (Fsp3) is 0.632. The van der Waals surface area contributed by atoms with Crippen LogP contribution in [-0.4, -0.2) is 47.4 Å². The van der Waals surface area contributed by atoms with Crippen molar-refractivity contribution in [2.75, 3.05) is 13.6 Å². The molecule has 0 aromatic heterocycles. The van der Waals surface area contributed by atoms with Gasteiger partial charge in [-0.05, 0) is 63.4 Å². The van der Waals surface area contributed by atoms with Crippen molar-refractivity contribution in [3.05, 3.63) is 34.9 Å². The minimum Gasteiger partial charge on any atom is -1.00 e. The summed E-state index contributed by atoms with van der Waals surface area (Å²) in [5.74, 6) is 0.170. The lowest BCUT2D eigenvalue weighted by molar-refractivity contribution is -0.0000198. The van der Waals surface area contributed by atoms with Gasteiger partial charge in [-0.3, -0.25) is 4.79 Å². The second-order valence-electron chi connectivity index (χ2n) is 7.03. The Morgan fingerprint density at radius 2 is 1.79 bits per heavy atom. The first-order valence-electron chi connectivity index (χ1n) is 8.88. The fourth-order valence-corrected chi connectivity index (χ4v) is 4.30. The van der Waals surface area contributed by atoms with Crippen molar-refractivity contribution >= 4 is 17.5 Å². The van der Waals surface area contributed by atoms with Gasteiger partial charge in [0, 0.05) is 35.3 Å². The van der Waals surface area contributed by atoms with Gasteiger partial charge in [0.15, 0.2) is 0 Å². The minimum absolute atomic E-state index is 0. The highest BCUT2D eigenvalue weighted by Crippen LogP contribution is 2.36. The standard InChI is InChI=1S/C19H27ClN2O.ClH/c1-3-4-11-22(19(23)14-5-7-15(20)8-6-14)18-12-16-9-10-17(13-18)21(16)2;/h5-8,16-18H,3-4,9-13H2,1-2H3;1H/p-1. The topological polar surface area (TPSA) is 23.6 Å². The number of fused-ring (bicyclic) bond motifs is 2. The van der Waals surface area contributed by atoms with Gasteiger partial charge < -0.3 is 22.2 Å². The van der Waals surface area contributed by atoms with Crippen LogP contribution >= 0.6 is 11.6 Å². The van der Waals surface area contributed by atoms with Crippen LogP contribution in [0.3, 0.4) is 0 Å². The summed E-state index contributed by atoms with van der Waals surface area (Å²) in [7, 11) is 2.25. The van der Waals surface area contributed by atoms with Crippen LogP contribution in [0.4, 0.5) is 0 Å². The summed E-state index contributed by atoms with van der Waals surface area (Å²) in [6.07, 6.45) is 7.00. The van der Waals surface area contributed by atoms with Crippen molar-refractivity contribution in [2.24, 2.45) is 0 Å². The molecule has 0 N–H and O–H groups in total. The van der Waals surface area contributed by atoms with Gasteiger partial charge in [0.05, 0.1) is 0 Å². The van der Waals surface area contributed by atoms with Crippen molar-refractivity contribution in [1.29, 1.82) is 0 Å². The normalized spacial score (nSPS) is 26.0. The molecule has 134 valence electrons. The van der Waals surface area contributed by atoms with Gasteiger partial charge in [0.1, 0.15) is 0 Å². The Bertz CT molecular complexity index is 535. The predicted molar refractivity (Wildman–Crippen MR) is 95.0 cm³/mol. The van der Waals surface area contributed by atoms with E-state index in [2.05, 4.69) is 23.8 Å². The summed E-state index contributed by atoms with van der Waals surface area (Å²) in [5, 5.41) is 0.680. The number of nitrogens with zero attached hydrogens (tertiary/aromatic N) is 2. The maximum Gasteiger partial charge on any atom is 0.254 e. The fourth-order valence-electron chi connectivity index (χ4n) is 4.17. The predicted octanol–water partition coefficient (Wildman–Crippen LogP) is 1.21. The van der Waals surface area contributed by atoms with Gasteiger partial charge in [0.2, 0.25) is 0 Å². The zero-order valence-corrected chi connectivity index (χ0v) is 16.1. The van der Waals surface area contributed by atoms with Crippen LogP contribution in [-0.2, 0) is 0 Å². The number of hydrogen-bond donors (Lipinski definition) is 0. The molecule has 2 aliphatic heterocycles. The third kappa shape index (κ3) is 4.07. The molecule has 24 heavy (non-hydrogen) atoms. The molecule has 0 spiro atoms. The van der Waals surface area contributed by atoms with E-state index >= 15 is 0 Å².